The van der Waals surface area contributed by atoms with Crippen molar-refractivity contribution in [2.24, 2.45) is 0 Å². The quantitative estimate of drug-likeness (QED) is 0.0211. The summed E-state index contributed by atoms with van der Waals surface area (Å²) in [5.74, 6) is -2.01. The van der Waals surface area contributed by atoms with Crippen LogP contribution in [-0.2, 0) is 33.3 Å². The van der Waals surface area contributed by atoms with E-state index in [9.17, 15) is 19.5 Å². The number of carboxylic acids is 1. The Morgan fingerprint density at radius 1 is 0.448 bits per heavy atom. The summed E-state index contributed by atoms with van der Waals surface area (Å²) in [6.45, 7) is 4.85. The zero-order chi connectivity index (χ0) is 49.2. The topological polar surface area (TPSA) is 108 Å². The van der Waals surface area contributed by atoms with E-state index in [1.165, 1.54) is 148 Å². The molecule has 9 heteroatoms. The second kappa shape index (κ2) is 49.7. The molecule has 0 saturated carbocycles. The second-order valence-corrected chi connectivity index (χ2v) is 19.9. The molecular formula is C58H106NO8+. The molecule has 390 valence electrons. The Kier molecular flexibility index (Phi) is 47.6. The van der Waals surface area contributed by atoms with E-state index in [4.69, 9.17) is 18.9 Å². The van der Waals surface area contributed by atoms with Gasteiger partial charge in [-0.05, 0) is 77.0 Å². The van der Waals surface area contributed by atoms with E-state index < -0.39 is 24.3 Å². The highest BCUT2D eigenvalue weighted by atomic mass is 16.7. The van der Waals surface area contributed by atoms with Crippen LogP contribution in [0.1, 0.15) is 245 Å². The maximum Gasteiger partial charge on any atom is 0.361 e. The van der Waals surface area contributed by atoms with E-state index in [1.54, 1.807) is 0 Å². The van der Waals surface area contributed by atoms with Gasteiger partial charge in [0.05, 0.1) is 34.4 Å². The lowest BCUT2D eigenvalue weighted by atomic mass is 10.0. The van der Waals surface area contributed by atoms with Crippen molar-refractivity contribution in [1.29, 1.82) is 0 Å². The molecule has 0 aromatic heterocycles. The van der Waals surface area contributed by atoms with Crippen LogP contribution in [0.3, 0.4) is 0 Å². The Morgan fingerprint density at radius 3 is 1.22 bits per heavy atom. The van der Waals surface area contributed by atoms with E-state index in [1.807, 2.05) is 21.1 Å². The zero-order valence-corrected chi connectivity index (χ0v) is 44.3. The van der Waals surface area contributed by atoms with Crippen LogP contribution in [0.2, 0.25) is 0 Å². The number of hydrogen-bond acceptors (Lipinski definition) is 7. The van der Waals surface area contributed by atoms with Gasteiger partial charge < -0.3 is 28.5 Å². The largest absolute Gasteiger partial charge is 0.477 e. The van der Waals surface area contributed by atoms with Gasteiger partial charge in [0, 0.05) is 12.8 Å². The number of esters is 2. The summed E-state index contributed by atoms with van der Waals surface area (Å²) in [5.41, 5.74) is 0. The predicted molar refractivity (Wildman–Crippen MR) is 281 cm³/mol. The van der Waals surface area contributed by atoms with Gasteiger partial charge in [-0.3, -0.25) is 9.59 Å². The third-order valence-electron chi connectivity index (χ3n) is 12.1. The predicted octanol–water partition coefficient (Wildman–Crippen LogP) is 15.9. The van der Waals surface area contributed by atoms with Crippen molar-refractivity contribution in [1.82, 2.24) is 0 Å². The van der Waals surface area contributed by atoms with Gasteiger partial charge >= 0.3 is 17.9 Å². The van der Waals surface area contributed by atoms with Crippen molar-refractivity contribution in [2.45, 2.75) is 257 Å². The molecule has 2 unspecified atom stereocenters. The van der Waals surface area contributed by atoms with Gasteiger partial charge in [-0.25, -0.2) is 4.79 Å². The first-order chi connectivity index (χ1) is 32.6. The van der Waals surface area contributed by atoms with E-state index in [2.05, 4.69) is 62.5 Å². The number of quaternary nitrogens is 1. The van der Waals surface area contributed by atoms with E-state index in [-0.39, 0.29) is 32.2 Å². The molecule has 0 heterocycles. The SMILES string of the molecule is CCCCCC/C=C\CCCCCCCC(=O)OCC(COC(OCC[N+](C)(C)C)C(=O)O)OC(=O)CCCCCCCCCCCCCCCC/C=C\C/C=C\C/C=C\CCCCCCC. The third kappa shape index (κ3) is 50.9. The number of carbonyl (C=O) groups excluding carboxylic acids is 2. The number of hydrogen-bond donors (Lipinski definition) is 1. The van der Waals surface area contributed by atoms with Gasteiger partial charge in [0.2, 0.25) is 0 Å². The summed E-state index contributed by atoms with van der Waals surface area (Å²) in [5, 5.41) is 9.67. The van der Waals surface area contributed by atoms with Crippen molar-refractivity contribution in [3.63, 3.8) is 0 Å². The standard InChI is InChI=1S/C58H105NO8/c1-6-8-10-12-14-16-18-20-21-22-23-24-25-26-27-28-29-30-31-32-33-34-35-37-39-41-43-45-47-49-56(61)67-54(53-66-58(57(62)63)64-51-50-59(3,4)5)52-65-55(60)48-46-44-42-40-38-36-19-17-15-13-11-9-7-2/h17-20,22-23,25-26,54,58H,6-16,21,24,27-53H2,1-5H3/p+1/b19-17-,20-18-,23-22-,26-25-. The molecule has 67 heavy (non-hydrogen) atoms. The average Bonchev–Trinajstić information content (AvgIpc) is 3.29. The number of ether oxygens (including phenoxy) is 4. The van der Waals surface area contributed by atoms with Crippen LogP contribution in [0.15, 0.2) is 48.6 Å². The van der Waals surface area contributed by atoms with E-state index >= 15 is 0 Å². The lowest BCUT2D eigenvalue weighted by Gasteiger charge is -2.25. The fraction of sp³-hybridized carbons (Fsp3) is 0.810. The highest BCUT2D eigenvalue weighted by molar-refractivity contribution is 5.71. The fourth-order valence-corrected chi connectivity index (χ4v) is 7.72. The lowest BCUT2D eigenvalue weighted by Crippen LogP contribution is -2.40. The van der Waals surface area contributed by atoms with Crippen LogP contribution in [0.5, 0.6) is 0 Å². The van der Waals surface area contributed by atoms with Crippen LogP contribution >= 0.6 is 0 Å². The second-order valence-electron chi connectivity index (χ2n) is 19.9. The van der Waals surface area contributed by atoms with Gasteiger partial charge in [0.1, 0.15) is 13.2 Å². The molecule has 0 bridgehead atoms. The van der Waals surface area contributed by atoms with E-state index in [0.717, 1.165) is 70.6 Å². The third-order valence-corrected chi connectivity index (χ3v) is 12.1. The number of rotatable bonds is 51. The maximum atomic E-state index is 12.8. The summed E-state index contributed by atoms with van der Waals surface area (Å²) in [6, 6.07) is 0. The number of unbranched alkanes of at least 4 members (excludes halogenated alkanes) is 28. The number of allylic oxidation sites excluding steroid dienone is 8. The fourth-order valence-electron chi connectivity index (χ4n) is 7.72. The molecule has 0 aliphatic carbocycles. The van der Waals surface area contributed by atoms with Crippen molar-refractivity contribution in [3.05, 3.63) is 48.6 Å². The van der Waals surface area contributed by atoms with Gasteiger partial charge in [0.25, 0.3) is 6.29 Å². The summed E-state index contributed by atoms with van der Waals surface area (Å²) in [7, 11) is 5.96. The Labute approximate surface area is 412 Å². The number of carbonyl (C=O) groups is 3. The molecule has 0 fully saturated rings. The first-order valence-corrected chi connectivity index (χ1v) is 27.8. The number of carboxylic acid groups (broad SMARTS) is 1. The minimum atomic E-state index is -1.51. The van der Waals surface area contributed by atoms with Crippen molar-refractivity contribution >= 4 is 17.9 Å². The normalized spacial score (nSPS) is 13.1. The summed E-state index contributed by atoms with van der Waals surface area (Å²) < 4.78 is 22.8. The molecular weight excluding hydrogens is 839 g/mol. The molecule has 0 rings (SSSR count). The highest BCUT2D eigenvalue weighted by Gasteiger charge is 2.25. The summed E-state index contributed by atoms with van der Waals surface area (Å²) in [4.78, 5) is 37.3. The number of likely N-dealkylation sites (N-methyl/N-ethyl adjacent to an activating group) is 1. The first-order valence-electron chi connectivity index (χ1n) is 27.8. The van der Waals surface area contributed by atoms with Gasteiger partial charge in [-0.15, -0.1) is 0 Å². The van der Waals surface area contributed by atoms with Crippen LogP contribution < -0.4 is 0 Å². The first kappa shape index (κ1) is 64.2. The van der Waals surface area contributed by atoms with Gasteiger partial charge in [-0.1, -0.05) is 204 Å². The number of aliphatic carboxylic acids is 1. The molecule has 0 aliphatic rings. The Morgan fingerprint density at radius 2 is 0.806 bits per heavy atom. The van der Waals surface area contributed by atoms with Crippen LogP contribution in [0.4, 0.5) is 0 Å². The maximum absolute atomic E-state index is 12.8. The monoisotopic (exact) mass is 945 g/mol. The van der Waals surface area contributed by atoms with Crippen molar-refractivity contribution in [3.8, 4) is 0 Å². The molecule has 2 atom stereocenters. The molecule has 1 N–H and O–H groups in total. The molecule has 0 aliphatic heterocycles. The Balaban J connectivity index is 4.18. The molecule has 0 saturated heterocycles. The molecule has 0 amide bonds. The molecule has 0 radical (unpaired) electrons. The molecule has 0 aromatic rings. The summed E-state index contributed by atoms with van der Waals surface area (Å²) in [6.07, 6.45) is 57.6. The van der Waals surface area contributed by atoms with Crippen LogP contribution in [0, 0.1) is 0 Å². The van der Waals surface area contributed by atoms with Gasteiger partial charge in [0.15, 0.2) is 6.10 Å². The molecule has 9 nitrogen and oxygen atoms in total. The number of nitrogens with zero attached hydrogens (tertiary/aromatic N) is 1. The molecule has 0 spiro atoms. The van der Waals surface area contributed by atoms with Crippen molar-refractivity contribution in [2.75, 3.05) is 47.5 Å². The highest BCUT2D eigenvalue weighted by Crippen LogP contribution is 2.16. The van der Waals surface area contributed by atoms with E-state index in [0.29, 0.717) is 17.4 Å². The van der Waals surface area contributed by atoms with Crippen molar-refractivity contribution < 1.29 is 42.9 Å². The minimum Gasteiger partial charge on any atom is -0.477 e. The Hall–Kier alpha value is -2.75. The van der Waals surface area contributed by atoms with Crippen LogP contribution in [0.25, 0.3) is 0 Å². The zero-order valence-electron chi connectivity index (χ0n) is 44.3. The smallest absolute Gasteiger partial charge is 0.361 e. The lowest BCUT2D eigenvalue weighted by molar-refractivity contribution is -0.870. The summed E-state index contributed by atoms with van der Waals surface area (Å²) >= 11 is 0. The molecule has 0 aromatic carbocycles. The van der Waals surface area contributed by atoms with Gasteiger partial charge in [-0.2, -0.15) is 0 Å². The Bertz CT molecular complexity index is 1240. The van der Waals surface area contributed by atoms with Crippen LogP contribution in [-0.4, -0.2) is 87.4 Å². The minimum absolute atomic E-state index is 0.186. The average molecular weight is 945 g/mol.